The lowest BCUT2D eigenvalue weighted by Crippen LogP contribution is -2.19. The fourth-order valence-electron chi connectivity index (χ4n) is 7.84. The number of Topliss-reactive ketones (excluding diaryl/α,β-unsaturated/α-hetero) is 3. The van der Waals surface area contributed by atoms with Crippen molar-refractivity contribution in [1.82, 2.24) is 59.9 Å². The third-order valence-electron chi connectivity index (χ3n) is 12.0. The van der Waals surface area contributed by atoms with Crippen LogP contribution in [-0.2, 0) is 37.2 Å². The summed E-state index contributed by atoms with van der Waals surface area (Å²) in [7, 11) is 5.90. The van der Waals surface area contributed by atoms with Gasteiger partial charge in [-0.2, -0.15) is 25.1 Å². The van der Waals surface area contributed by atoms with E-state index in [1.165, 1.54) is 59.5 Å². The zero-order valence-electron chi connectivity index (χ0n) is 44.1. The van der Waals surface area contributed by atoms with Crippen LogP contribution < -0.4 is 24.8 Å². The van der Waals surface area contributed by atoms with Crippen molar-refractivity contribution in [2.24, 2.45) is 0 Å². The Labute approximate surface area is 462 Å². The Hall–Kier alpha value is -11.5. The van der Waals surface area contributed by atoms with Gasteiger partial charge in [0, 0.05) is 24.8 Å². The summed E-state index contributed by atoms with van der Waals surface area (Å²) >= 11 is 0. The Kier molecular flexibility index (Phi) is 17.5. The zero-order chi connectivity index (χ0) is 58.6. The lowest BCUT2D eigenvalue weighted by molar-refractivity contribution is -0.389. The first kappa shape index (κ1) is 56.7. The zero-order valence-corrected chi connectivity index (χ0v) is 44.1. The summed E-state index contributed by atoms with van der Waals surface area (Å²) in [5.74, 6) is -1.83. The quantitative estimate of drug-likeness (QED) is 0.0229. The van der Waals surface area contributed by atoms with E-state index in [2.05, 4.69) is 56.5 Å². The van der Waals surface area contributed by atoms with Gasteiger partial charge in [-0.25, -0.2) is 4.79 Å². The number of hydrogen-bond donors (Lipinski definition) is 5. The second-order valence-electron chi connectivity index (χ2n) is 17.6. The monoisotopic (exact) mass is 1120 g/mol. The molecule has 9 aromatic rings. The molecular formula is C52H48N16O14. The number of ether oxygens (including phenoxy) is 4. The van der Waals surface area contributed by atoms with E-state index in [0.29, 0.717) is 22.9 Å². The number of nitrogens with one attached hydrogen (secondary N) is 5. The predicted molar refractivity (Wildman–Crippen MR) is 285 cm³/mol. The van der Waals surface area contributed by atoms with Crippen molar-refractivity contribution >= 4 is 58.4 Å². The third-order valence-corrected chi connectivity index (χ3v) is 12.0. The third kappa shape index (κ3) is 14.0. The molecule has 3 aromatic carbocycles. The SMILES string of the molecule is CC(=O)c1cc(NC(=O)c2cc(CC(=O)c3cc([N+](=O)[O-])[nH]n3)[nH]n2)n[nH]1.COC(=O)c1cc(NC(=O)c2cc(CC(=O)c3cc([N+](=O)[O-])nn3Cc3ccc(OC)cc3)nn2Cc2ccc(OC)cc2)nn1Cc1ccc(OC)cc1. The molecule has 0 fully saturated rings. The first-order valence-electron chi connectivity index (χ1n) is 24.2. The minimum Gasteiger partial charge on any atom is -0.497 e. The maximum Gasteiger partial charge on any atom is 0.390 e. The number of methoxy groups -OCH3 is 4. The van der Waals surface area contributed by atoms with Gasteiger partial charge in [-0.3, -0.25) is 43.5 Å². The van der Waals surface area contributed by atoms with Gasteiger partial charge in [-0.05, 0) is 75.1 Å². The number of amides is 2. The van der Waals surface area contributed by atoms with Crippen molar-refractivity contribution < 1.29 is 57.6 Å². The van der Waals surface area contributed by atoms with Gasteiger partial charge >= 0.3 is 17.6 Å². The molecule has 0 saturated carbocycles. The standard InChI is InChI=1S/C38H36N8O9.C14H12N8O5/c1-52-28-11-5-24(6-12-28)21-43-31(20-36(42-43)46(50)51)34(47)18-27-17-32(44(40-27)22-25-7-13-29(53-2)14-8-25)37(48)39-35-19-33(38(49)55-4)45(41-35)23-26-9-15-30(54-3)16-10-26;1-6(23)8-4-12(20-17-8)15-14(25)10-2-7(16-19-10)3-11(24)9-5-13(21-18-9)22(26)27/h5-17,19-20H,18,21-23H2,1-4H3,(H,39,41,48);2,4-5H,3H2,1H3,(H,16,19)(H,18,21)(H2,15,17,20,25). The Bertz CT molecular complexity index is 3830. The Morgan fingerprint density at radius 2 is 1.09 bits per heavy atom. The number of aromatic amines is 3. The Morgan fingerprint density at radius 3 is 1.60 bits per heavy atom. The van der Waals surface area contributed by atoms with Crippen molar-refractivity contribution in [2.45, 2.75) is 39.4 Å². The van der Waals surface area contributed by atoms with Gasteiger partial charge < -0.3 is 49.8 Å². The van der Waals surface area contributed by atoms with Crippen LogP contribution in [0.25, 0.3) is 0 Å². The van der Waals surface area contributed by atoms with Gasteiger partial charge in [0.15, 0.2) is 40.4 Å². The molecule has 0 aliphatic heterocycles. The lowest BCUT2D eigenvalue weighted by atomic mass is 10.1. The number of esters is 1. The van der Waals surface area contributed by atoms with Crippen LogP contribution in [-0.4, -0.2) is 133 Å². The molecule has 0 aliphatic rings. The summed E-state index contributed by atoms with van der Waals surface area (Å²) < 4.78 is 24.8. The number of nitrogens with zero attached hydrogens (tertiary/aromatic N) is 11. The molecule has 5 N–H and O–H groups in total. The van der Waals surface area contributed by atoms with E-state index in [4.69, 9.17) is 18.9 Å². The molecule has 0 atom stereocenters. The highest BCUT2D eigenvalue weighted by atomic mass is 16.6. The van der Waals surface area contributed by atoms with Crippen molar-refractivity contribution in [1.29, 1.82) is 0 Å². The van der Waals surface area contributed by atoms with E-state index in [0.717, 1.165) is 28.8 Å². The summed E-state index contributed by atoms with van der Waals surface area (Å²) in [6.07, 6.45) is -0.483. The number of H-pyrrole nitrogens is 3. The van der Waals surface area contributed by atoms with Crippen molar-refractivity contribution in [3.63, 3.8) is 0 Å². The highest BCUT2D eigenvalue weighted by molar-refractivity contribution is 6.04. The van der Waals surface area contributed by atoms with E-state index >= 15 is 0 Å². The number of aromatic nitrogens is 12. The molecule has 0 saturated heterocycles. The molecule has 0 aliphatic carbocycles. The predicted octanol–water partition coefficient (Wildman–Crippen LogP) is 5.46. The highest BCUT2D eigenvalue weighted by Gasteiger charge is 2.27. The Balaban J connectivity index is 0.000000272. The molecule has 9 rings (SSSR count). The fourth-order valence-corrected chi connectivity index (χ4v) is 7.84. The van der Waals surface area contributed by atoms with Gasteiger partial charge in [-0.15, -0.1) is 5.10 Å². The van der Waals surface area contributed by atoms with Crippen LogP contribution in [0.1, 0.15) is 97.9 Å². The number of rotatable bonds is 23. The molecule has 0 spiro atoms. The molecule has 2 amide bonds. The molecule has 420 valence electrons. The first-order chi connectivity index (χ1) is 39.4. The molecule has 6 heterocycles. The largest absolute Gasteiger partial charge is 0.497 e. The second kappa shape index (κ2) is 25.3. The van der Waals surface area contributed by atoms with Crippen molar-refractivity contribution in [3.8, 4) is 17.2 Å². The molecule has 0 radical (unpaired) electrons. The number of carbonyl (C=O) groups excluding carboxylic acids is 6. The number of ketones is 3. The summed E-state index contributed by atoms with van der Waals surface area (Å²) in [6.45, 7) is 1.77. The van der Waals surface area contributed by atoms with Crippen LogP contribution in [0.5, 0.6) is 17.2 Å². The van der Waals surface area contributed by atoms with Gasteiger partial charge in [0.1, 0.15) is 40.0 Å². The van der Waals surface area contributed by atoms with E-state index in [9.17, 15) is 49.0 Å². The maximum atomic E-state index is 13.9. The van der Waals surface area contributed by atoms with Gasteiger partial charge in [-0.1, -0.05) is 41.5 Å². The fraction of sp³-hybridized carbons (Fsp3) is 0.192. The van der Waals surface area contributed by atoms with E-state index in [1.54, 1.807) is 62.8 Å². The van der Waals surface area contributed by atoms with Crippen molar-refractivity contribution in [2.75, 3.05) is 39.1 Å². The summed E-state index contributed by atoms with van der Waals surface area (Å²) in [4.78, 5) is 96.7. The summed E-state index contributed by atoms with van der Waals surface area (Å²) in [6, 6.07) is 29.1. The number of nitro groups is 2. The average molecular weight is 1120 g/mol. The number of benzene rings is 3. The Morgan fingerprint density at radius 1 is 0.537 bits per heavy atom. The van der Waals surface area contributed by atoms with Gasteiger partial charge in [0.25, 0.3) is 11.8 Å². The molecular weight excluding hydrogens is 1070 g/mol. The number of carbonyl (C=O) groups is 6. The minimum absolute atomic E-state index is 0.00168. The average Bonchev–Trinajstić information content (AvgIpc) is 4.49. The highest BCUT2D eigenvalue weighted by Crippen LogP contribution is 2.22. The number of anilines is 2. The van der Waals surface area contributed by atoms with Crippen LogP contribution in [0.4, 0.5) is 23.3 Å². The van der Waals surface area contributed by atoms with Crippen LogP contribution in [0.2, 0.25) is 0 Å². The van der Waals surface area contributed by atoms with Crippen molar-refractivity contribution in [3.05, 3.63) is 192 Å². The molecule has 30 heteroatoms. The summed E-state index contributed by atoms with van der Waals surface area (Å²) in [5.41, 5.74) is 3.20. The second-order valence-corrected chi connectivity index (χ2v) is 17.6. The molecule has 6 aromatic heterocycles. The maximum absolute atomic E-state index is 13.9. The normalized spacial score (nSPS) is 10.7. The topological polar surface area (TPSA) is 389 Å². The molecule has 82 heavy (non-hydrogen) atoms. The van der Waals surface area contributed by atoms with Crippen LogP contribution in [0.15, 0.2) is 109 Å². The van der Waals surface area contributed by atoms with Gasteiger partial charge in [0.05, 0.1) is 83.8 Å². The smallest absolute Gasteiger partial charge is 0.390 e. The summed E-state index contributed by atoms with van der Waals surface area (Å²) in [5, 5.41) is 58.9. The van der Waals surface area contributed by atoms with Gasteiger partial charge in [0.2, 0.25) is 0 Å². The van der Waals surface area contributed by atoms with Crippen LogP contribution in [0.3, 0.4) is 0 Å². The molecule has 0 unspecified atom stereocenters. The lowest BCUT2D eigenvalue weighted by Gasteiger charge is -2.08. The molecule has 30 nitrogen and oxygen atoms in total. The first-order valence-corrected chi connectivity index (χ1v) is 24.2. The molecule has 0 bridgehead atoms. The number of hydrogen-bond acceptors (Lipinski definition) is 20. The van der Waals surface area contributed by atoms with Crippen LogP contribution >= 0.6 is 0 Å². The minimum atomic E-state index is -0.699. The van der Waals surface area contributed by atoms with E-state index < -0.39 is 50.8 Å². The van der Waals surface area contributed by atoms with Crippen LogP contribution in [0, 0.1) is 20.2 Å². The van der Waals surface area contributed by atoms with E-state index in [1.807, 2.05) is 24.3 Å². The van der Waals surface area contributed by atoms with E-state index in [-0.39, 0.29) is 89.8 Å².